The van der Waals surface area contributed by atoms with Crippen LogP contribution in [-0.2, 0) is 14.3 Å². The van der Waals surface area contributed by atoms with Gasteiger partial charge in [0.05, 0.1) is 7.11 Å². The molecule has 6 nitrogen and oxygen atoms in total. The van der Waals surface area contributed by atoms with Crippen molar-refractivity contribution in [3.63, 3.8) is 0 Å². The van der Waals surface area contributed by atoms with Crippen LogP contribution in [-0.4, -0.2) is 48.7 Å². The molecule has 1 fully saturated rings. The number of methoxy groups -OCH3 is 1. The van der Waals surface area contributed by atoms with Crippen LogP contribution in [0.2, 0.25) is 0 Å². The van der Waals surface area contributed by atoms with Crippen molar-refractivity contribution >= 4 is 11.9 Å². The molecule has 1 aliphatic rings. The summed E-state index contributed by atoms with van der Waals surface area (Å²) in [5.74, 6) is -0.746. The van der Waals surface area contributed by atoms with Crippen molar-refractivity contribution in [2.75, 3.05) is 20.8 Å². The van der Waals surface area contributed by atoms with E-state index in [-0.39, 0.29) is 12.5 Å². The van der Waals surface area contributed by atoms with Gasteiger partial charge in [0.2, 0.25) is 5.91 Å². The van der Waals surface area contributed by atoms with E-state index >= 15 is 0 Å². The van der Waals surface area contributed by atoms with Crippen LogP contribution in [0.1, 0.15) is 11.7 Å². The third kappa shape index (κ3) is 2.53. The van der Waals surface area contributed by atoms with E-state index in [1.807, 2.05) is 0 Å². The fourth-order valence-corrected chi connectivity index (χ4v) is 2.08. The zero-order chi connectivity index (χ0) is 14.0. The molecule has 0 bridgehead atoms. The van der Waals surface area contributed by atoms with Crippen LogP contribution >= 0.6 is 0 Å². The summed E-state index contributed by atoms with van der Waals surface area (Å²) in [6.07, 6.45) is -0.675. The first-order valence-corrected chi connectivity index (χ1v) is 5.78. The van der Waals surface area contributed by atoms with Crippen molar-refractivity contribution in [3.05, 3.63) is 29.8 Å². The fourth-order valence-electron chi connectivity index (χ4n) is 2.08. The molecule has 1 N–H and O–H groups in total. The first-order chi connectivity index (χ1) is 9.04. The van der Waals surface area contributed by atoms with Gasteiger partial charge in [-0.25, -0.2) is 4.79 Å². The van der Waals surface area contributed by atoms with Gasteiger partial charge >= 0.3 is 5.97 Å². The molecule has 102 valence electrons. The summed E-state index contributed by atoms with van der Waals surface area (Å²) in [5.41, 5.74) is 0.701. The van der Waals surface area contributed by atoms with E-state index in [9.17, 15) is 14.7 Å². The molecule has 0 radical (unpaired) electrons. The number of hydrogen-bond acceptors (Lipinski definition) is 4. The monoisotopic (exact) mass is 265 g/mol. The highest BCUT2D eigenvalue weighted by Crippen LogP contribution is 2.29. The maximum absolute atomic E-state index is 11.5. The molecule has 0 spiro atoms. The molecule has 2 atom stereocenters. The van der Waals surface area contributed by atoms with Gasteiger partial charge in [0.15, 0.2) is 6.04 Å². The van der Waals surface area contributed by atoms with Crippen LogP contribution in [0.25, 0.3) is 0 Å². The van der Waals surface area contributed by atoms with Crippen LogP contribution in [0.3, 0.4) is 0 Å². The SMILES string of the molecule is COc1ccc(C2OCC(=O)N(C)C2C(=O)O)cc1. The van der Waals surface area contributed by atoms with Crippen LogP contribution in [0.4, 0.5) is 0 Å². The molecule has 1 saturated heterocycles. The molecule has 19 heavy (non-hydrogen) atoms. The van der Waals surface area contributed by atoms with Gasteiger partial charge in [0.1, 0.15) is 18.5 Å². The average molecular weight is 265 g/mol. The fraction of sp³-hybridized carbons (Fsp3) is 0.385. The van der Waals surface area contributed by atoms with Gasteiger partial charge in [-0.15, -0.1) is 0 Å². The number of carboxylic acid groups (broad SMARTS) is 1. The highest BCUT2D eigenvalue weighted by atomic mass is 16.5. The lowest BCUT2D eigenvalue weighted by Crippen LogP contribution is -2.52. The van der Waals surface area contributed by atoms with Gasteiger partial charge in [-0.1, -0.05) is 12.1 Å². The third-order valence-corrected chi connectivity index (χ3v) is 3.18. The number of ether oxygens (including phenoxy) is 2. The Morgan fingerprint density at radius 3 is 2.58 bits per heavy atom. The Morgan fingerprint density at radius 2 is 2.05 bits per heavy atom. The molecule has 2 unspecified atom stereocenters. The van der Waals surface area contributed by atoms with E-state index in [4.69, 9.17) is 9.47 Å². The number of morpholine rings is 1. The topological polar surface area (TPSA) is 76.1 Å². The molecule has 1 amide bonds. The van der Waals surface area contributed by atoms with E-state index in [2.05, 4.69) is 0 Å². The van der Waals surface area contributed by atoms with Gasteiger partial charge in [0, 0.05) is 7.05 Å². The smallest absolute Gasteiger partial charge is 0.329 e. The predicted octanol–water partition coefficient (Wildman–Crippen LogP) is 0.678. The first kappa shape index (κ1) is 13.4. The minimum absolute atomic E-state index is 0.114. The summed E-state index contributed by atoms with van der Waals surface area (Å²) in [6.45, 7) is -0.114. The van der Waals surface area contributed by atoms with Gasteiger partial charge in [0.25, 0.3) is 0 Å². The minimum Gasteiger partial charge on any atom is -0.497 e. The number of likely N-dealkylation sites (N-methyl/N-ethyl adjacent to an activating group) is 1. The number of hydrogen-bond donors (Lipinski definition) is 1. The normalized spacial score (nSPS) is 23.3. The highest BCUT2D eigenvalue weighted by molar-refractivity contribution is 5.86. The van der Waals surface area contributed by atoms with E-state index in [1.165, 1.54) is 11.9 Å². The van der Waals surface area contributed by atoms with Crippen LogP contribution in [0.5, 0.6) is 5.75 Å². The van der Waals surface area contributed by atoms with Crippen LogP contribution in [0.15, 0.2) is 24.3 Å². The van der Waals surface area contributed by atoms with Crippen molar-refractivity contribution in [1.82, 2.24) is 4.90 Å². The van der Waals surface area contributed by atoms with Crippen molar-refractivity contribution < 1.29 is 24.2 Å². The lowest BCUT2D eigenvalue weighted by atomic mass is 9.99. The van der Waals surface area contributed by atoms with Crippen molar-refractivity contribution in [1.29, 1.82) is 0 Å². The summed E-state index contributed by atoms with van der Waals surface area (Å²) in [6, 6.07) is 5.92. The Bertz CT molecular complexity index is 484. The molecule has 1 aliphatic heterocycles. The number of benzene rings is 1. The second-order valence-corrected chi connectivity index (χ2v) is 4.29. The molecule has 0 aromatic heterocycles. The average Bonchev–Trinajstić information content (AvgIpc) is 2.41. The summed E-state index contributed by atoms with van der Waals surface area (Å²) < 4.78 is 10.4. The standard InChI is InChI=1S/C13H15NO5/c1-14-10(15)7-19-12(11(14)13(16)17)8-3-5-9(18-2)6-4-8/h3-6,11-12H,7H2,1-2H3,(H,16,17). The summed E-state index contributed by atoms with van der Waals surface area (Å²) in [5, 5.41) is 9.26. The molecule has 0 saturated carbocycles. The Labute approximate surface area is 110 Å². The summed E-state index contributed by atoms with van der Waals surface area (Å²) in [7, 11) is 3.03. The van der Waals surface area contributed by atoms with Crippen molar-refractivity contribution in [2.45, 2.75) is 12.1 Å². The maximum Gasteiger partial charge on any atom is 0.329 e. The molecule has 1 heterocycles. The van der Waals surface area contributed by atoms with Gasteiger partial charge < -0.3 is 19.5 Å². The van der Waals surface area contributed by atoms with Crippen LogP contribution in [0, 0.1) is 0 Å². The zero-order valence-corrected chi connectivity index (χ0v) is 10.7. The predicted molar refractivity (Wildman–Crippen MR) is 65.9 cm³/mol. The molecule has 2 rings (SSSR count). The number of amides is 1. The lowest BCUT2D eigenvalue weighted by molar-refractivity contribution is -0.169. The van der Waals surface area contributed by atoms with Gasteiger partial charge in [-0.05, 0) is 17.7 Å². The summed E-state index contributed by atoms with van der Waals surface area (Å²) in [4.78, 5) is 24.0. The Morgan fingerprint density at radius 1 is 1.42 bits per heavy atom. The second-order valence-electron chi connectivity index (χ2n) is 4.29. The number of rotatable bonds is 3. The number of aliphatic carboxylic acids is 1. The number of carboxylic acids is 1. The van der Waals surface area contributed by atoms with Gasteiger partial charge in [-0.3, -0.25) is 4.79 Å². The number of carbonyl (C=O) groups excluding carboxylic acids is 1. The minimum atomic E-state index is -1.09. The first-order valence-electron chi connectivity index (χ1n) is 5.78. The van der Waals surface area contributed by atoms with Gasteiger partial charge in [-0.2, -0.15) is 0 Å². The third-order valence-electron chi connectivity index (χ3n) is 3.18. The molecule has 6 heteroatoms. The van der Waals surface area contributed by atoms with Crippen LogP contribution < -0.4 is 4.74 Å². The molecule has 1 aromatic rings. The van der Waals surface area contributed by atoms with Crippen molar-refractivity contribution in [2.24, 2.45) is 0 Å². The number of nitrogens with zero attached hydrogens (tertiary/aromatic N) is 1. The highest BCUT2D eigenvalue weighted by Gasteiger charge is 2.40. The molecular formula is C13H15NO5. The van der Waals surface area contributed by atoms with E-state index in [0.29, 0.717) is 11.3 Å². The maximum atomic E-state index is 11.5. The molecule has 1 aromatic carbocycles. The van der Waals surface area contributed by atoms with Crippen molar-refractivity contribution in [3.8, 4) is 5.75 Å². The van der Waals surface area contributed by atoms with E-state index in [1.54, 1.807) is 31.4 Å². The largest absolute Gasteiger partial charge is 0.497 e. The van der Waals surface area contributed by atoms with E-state index < -0.39 is 18.1 Å². The second kappa shape index (κ2) is 5.27. The Balaban J connectivity index is 2.30. The van der Waals surface area contributed by atoms with E-state index in [0.717, 1.165) is 0 Å². The zero-order valence-electron chi connectivity index (χ0n) is 10.7. The summed E-state index contributed by atoms with van der Waals surface area (Å²) >= 11 is 0. The Kier molecular flexibility index (Phi) is 3.71. The number of carbonyl (C=O) groups is 2. The quantitative estimate of drug-likeness (QED) is 0.869. The Hall–Kier alpha value is -2.08. The lowest BCUT2D eigenvalue weighted by Gasteiger charge is -2.36. The molecular weight excluding hydrogens is 250 g/mol. The molecule has 0 aliphatic carbocycles.